The van der Waals surface area contributed by atoms with E-state index >= 15 is 0 Å². The first-order valence-electron chi connectivity index (χ1n) is 37.6. The fourth-order valence-electron chi connectivity index (χ4n) is 10.7. The Labute approximate surface area is 551 Å². The highest BCUT2D eigenvalue weighted by Crippen LogP contribution is 2.43. The molecule has 0 saturated heterocycles. The number of allylic oxidation sites excluding steroid dienone is 15. The molecule has 9 nitrogen and oxygen atoms in total. The molecule has 0 aromatic carbocycles. The third-order valence-corrected chi connectivity index (χ3v) is 17.5. The van der Waals surface area contributed by atoms with Gasteiger partial charge in [-0.2, -0.15) is 0 Å². The molecule has 1 amide bonds. The molecule has 2 N–H and O–H groups in total. The number of nitrogens with zero attached hydrogens (tertiary/aromatic N) is 1. The van der Waals surface area contributed by atoms with Crippen molar-refractivity contribution < 1.29 is 37.3 Å². The number of unbranched alkanes of at least 4 members (excludes halogenated alkanes) is 38. The van der Waals surface area contributed by atoms with Crippen molar-refractivity contribution in [3.63, 3.8) is 0 Å². The van der Waals surface area contributed by atoms with Crippen molar-refractivity contribution in [2.24, 2.45) is 0 Å². The number of carbonyl (C=O) groups is 2. The van der Waals surface area contributed by atoms with Crippen molar-refractivity contribution in [1.29, 1.82) is 0 Å². The average Bonchev–Trinajstić information content (AvgIpc) is 3.71. The van der Waals surface area contributed by atoms with Crippen molar-refractivity contribution in [3.05, 3.63) is 97.2 Å². The Kier molecular flexibility index (Phi) is 65.5. The van der Waals surface area contributed by atoms with Crippen molar-refractivity contribution >= 4 is 19.7 Å². The first-order chi connectivity index (χ1) is 43.4. The van der Waals surface area contributed by atoms with Gasteiger partial charge in [0.05, 0.1) is 33.8 Å². The quantitative estimate of drug-likeness (QED) is 0.0205. The van der Waals surface area contributed by atoms with E-state index in [-0.39, 0.29) is 31.5 Å². The number of rotatable bonds is 68. The molecule has 0 heterocycles. The summed E-state index contributed by atoms with van der Waals surface area (Å²) in [6, 6.07) is -0.856. The van der Waals surface area contributed by atoms with Crippen molar-refractivity contribution in [2.75, 3.05) is 40.9 Å². The summed E-state index contributed by atoms with van der Waals surface area (Å²) in [5.74, 6) is -0.505. The van der Waals surface area contributed by atoms with Crippen LogP contribution in [0.4, 0.5) is 0 Å². The number of nitrogens with one attached hydrogen (secondary N) is 1. The van der Waals surface area contributed by atoms with Crippen LogP contribution in [-0.4, -0.2) is 74.3 Å². The van der Waals surface area contributed by atoms with Crippen LogP contribution in [0.2, 0.25) is 0 Å². The minimum absolute atomic E-state index is 0.0365. The monoisotopic (exact) mass is 1260 g/mol. The van der Waals surface area contributed by atoms with Gasteiger partial charge in [0.1, 0.15) is 19.3 Å². The van der Waals surface area contributed by atoms with Crippen LogP contribution < -0.4 is 5.32 Å². The van der Waals surface area contributed by atoms with Gasteiger partial charge in [0.25, 0.3) is 0 Å². The van der Waals surface area contributed by atoms with E-state index in [1.165, 1.54) is 218 Å². The zero-order chi connectivity index (χ0) is 64.9. The fraction of sp³-hybridized carbons (Fsp3) is 0.772. The molecule has 3 unspecified atom stereocenters. The second kappa shape index (κ2) is 67.8. The lowest BCUT2D eigenvalue weighted by Crippen LogP contribution is -2.47. The number of phosphoric ester groups is 1. The Bertz CT molecular complexity index is 1840. The van der Waals surface area contributed by atoms with E-state index in [1.807, 2.05) is 33.3 Å². The van der Waals surface area contributed by atoms with Gasteiger partial charge in [-0.15, -0.1) is 0 Å². The summed E-state index contributed by atoms with van der Waals surface area (Å²) in [6.45, 7) is 6.98. The van der Waals surface area contributed by atoms with Crippen LogP contribution in [0.15, 0.2) is 97.2 Å². The van der Waals surface area contributed by atoms with Crippen LogP contribution in [0.25, 0.3) is 0 Å². The third-order valence-electron chi connectivity index (χ3n) is 16.5. The topological polar surface area (TPSA) is 111 Å². The van der Waals surface area contributed by atoms with Gasteiger partial charge in [-0.1, -0.05) is 311 Å². The van der Waals surface area contributed by atoms with Crippen LogP contribution in [0.5, 0.6) is 0 Å². The number of ether oxygens (including phenoxy) is 1. The Hall–Kier alpha value is -3.07. The largest absolute Gasteiger partial charge is 0.472 e. The highest BCUT2D eigenvalue weighted by molar-refractivity contribution is 7.47. The van der Waals surface area contributed by atoms with Gasteiger partial charge < -0.3 is 19.4 Å². The van der Waals surface area contributed by atoms with Crippen LogP contribution in [0.3, 0.4) is 0 Å². The zero-order valence-electron chi connectivity index (χ0n) is 59.2. The molecule has 0 aliphatic carbocycles. The zero-order valence-corrected chi connectivity index (χ0v) is 60.1. The molecular formula is C79H144N2O7P+. The van der Waals surface area contributed by atoms with Gasteiger partial charge >= 0.3 is 13.8 Å². The summed E-state index contributed by atoms with van der Waals surface area (Å²) >= 11 is 0. The number of amides is 1. The highest BCUT2D eigenvalue weighted by atomic mass is 31.2. The Morgan fingerprint density at radius 2 is 0.685 bits per heavy atom. The normalized spacial score (nSPS) is 14.0. The van der Waals surface area contributed by atoms with Gasteiger partial charge in [0.15, 0.2) is 0 Å². The van der Waals surface area contributed by atoms with E-state index in [4.69, 9.17) is 13.8 Å². The average molecular weight is 1270 g/mol. The maximum Gasteiger partial charge on any atom is 0.472 e. The molecule has 0 aliphatic heterocycles. The van der Waals surface area contributed by atoms with Gasteiger partial charge in [-0.3, -0.25) is 18.6 Å². The predicted molar refractivity (Wildman–Crippen MR) is 387 cm³/mol. The minimum Gasteiger partial charge on any atom is -0.456 e. The van der Waals surface area contributed by atoms with Crippen LogP contribution >= 0.6 is 7.82 Å². The SMILES string of the molecule is CCCCC/C=C\C/C=C\C/C=C\C/C=C\CCCCCCCCCCCCCC(=O)OC(/C=C/CCCCCCCCCCC)C(COP(=O)(O)OCC[N+](C)(C)C)NC(=O)CCCCCCCCCCCCCC/C=C\C/C=C\C/C=C\CCCCC. The molecule has 89 heavy (non-hydrogen) atoms. The van der Waals surface area contributed by atoms with Gasteiger partial charge in [-0.05, 0) is 115 Å². The van der Waals surface area contributed by atoms with Gasteiger partial charge in [-0.25, -0.2) is 4.57 Å². The lowest BCUT2D eigenvalue weighted by Gasteiger charge is -2.27. The Morgan fingerprint density at radius 3 is 1.04 bits per heavy atom. The maximum absolute atomic E-state index is 13.6. The minimum atomic E-state index is -4.46. The third kappa shape index (κ3) is 69.1. The van der Waals surface area contributed by atoms with Gasteiger partial charge in [0.2, 0.25) is 5.91 Å². The number of likely N-dealkylation sites (N-methyl/N-ethyl adjacent to an activating group) is 1. The van der Waals surface area contributed by atoms with Gasteiger partial charge in [0, 0.05) is 12.8 Å². The molecule has 0 rings (SSSR count). The molecule has 0 bridgehead atoms. The Morgan fingerprint density at radius 1 is 0.393 bits per heavy atom. The molecule has 0 spiro atoms. The molecular weight excluding hydrogens is 1120 g/mol. The lowest BCUT2D eigenvalue weighted by atomic mass is 10.0. The molecule has 0 aromatic rings. The smallest absolute Gasteiger partial charge is 0.456 e. The van der Waals surface area contributed by atoms with Crippen LogP contribution in [-0.2, 0) is 27.9 Å². The van der Waals surface area contributed by atoms with E-state index in [1.54, 1.807) is 0 Å². The van der Waals surface area contributed by atoms with Crippen LogP contribution in [0, 0.1) is 0 Å². The van der Waals surface area contributed by atoms with Crippen molar-refractivity contribution in [3.8, 4) is 0 Å². The predicted octanol–water partition coefficient (Wildman–Crippen LogP) is 24.2. The standard InChI is InChI=1S/C79H143N2O7P/c1-7-10-13-16-19-22-25-27-29-31-33-35-37-39-40-42-44-46-48-50-52-54-57-60-63-66-69-72-79(83)88-77(70-67-64-61-58-55-24-21-18-15-12-9-3)76(75-87-89(84,85)86-74-73-81(4,5)6)80-78(82)71-68-65-62-59-56-53-51-49-47-45-43-41-38-36-34-32-30-28-26-23-20-17-14-11-8-2/h19-20,22-23,27-30,33-36,39-40,67,70,76-77H,7-18,21,24-26,31-32,37-38,41-66,68-69,71-75H2,1-6H3,(H-,80,82,84,85)/p+1/b22-19-,23-20-,29-27-,30-28-,35-33-,36-34-,40-39-,70-67+. The van der Waals surface area contributed by atoms with E-state index in [0.717, 1.165) is 89.9 Å². The molecule has 0 aliphatic rings. The highest BCUT2D eigenvalue weighted by Gasteiger charge is 2.30. The van der Waals surface area contributed by atoms with Crippen molar-refractivity contribution in [1.82, 2.24) is 5.32 Å². The second-order valence-electron chi connectivity index (χ2n) is 26.5. The van der Waals surface area contributed by atoms with E-state index in [9.17, 15) is 19.0 Å². The summed E-state index contributed by atoms with van der Waals surface area (Å²) in [6.07, 6.45) is 92.8. The number of phosphoric acid groups is 1. The Balaban J connectivity index is 4.97. The molecule has 0 radical (unpaired) electrons. The van der Waals surface area contributed by atoms with E-state index < -0.39 is 20.0 Å². The van der Waals surface area contributed by atoms with E-state index in [0.29, 0.717) is 17.4 Å². The lowest BCUT2D eigenvalue weighted by molar-refractivity contribution is -0.870. The number of esters is 1. The number of hydrogen-bond acceptors (Lipinski definition) is 6. The maximum atomic E-state index is 13.6. The number of carbonyl (C=O) groups excluding carboxylic acids is 2. The summed E-state index contributed by atoms with van der Waals surface area (Å²) in [4.78, 5) is 38.0. The summed E-state index contributed by atoms with van der Waals surface area (Å²) < 4.78 is 30.9. The first kappa shape index (κ1) is 85.9. The number of quaternary nitrogens is 1. The molecule has 0 aromatic heterocycles. The summed E-state index contributed by atoms with van der Waals surface area (Å²) in [5, 5.41) is 3.07. The number of hydrogen-bond donors (Lipinski definition) is 2. The molecule has 3 atom stereocenters. The van der Waals surface area contributed by atoms with Crippen molar-refractivity contribution in [2.45, 2.75) is 354 Å². The molecule has 0 fully saturated rings. The summed E-state index contributed by atoms with van der Waals surface area (Å²) in [7, 11) is 1.49. The van der Waals surface area contributed by atoms with E-state index in [2.05, 4.69) is 111 Å². The van der Waals surface area contributed by atoms with Crippen LogP contribution in [0.1, 0.15) is 342 Å². The molecule has 516 valence electrons. The summed E-state index contributed by atoms with van der Waals surface area (Å²) in [5.41, 5.74) is 0. The first-order valence-corrected chi connectivity index (χ1v) is 39.1. The molecule has 10 heteroatoms. The molecule has 0 saturated carbocycles. The second-order valence-corrected chi connectivity index (χ2v) is 27.9. The fourth-order valence-corrected chi connectivity index (χ4v) is 11.4.